The van der Waals surface area contributed by atoms with Crippen LogP contribution in [0.15, 0.2) is 120 Å². The summed E-state index contributed by atoms with van der Waals surface area (Å²) in [6.45, 7) is 0.641. The molecule has 4 heteroatoms. The van der Waals surface area contributed by atoms with Crippen molar-refractivity contribution in [2.24, 2.45) is 0 Å². The molecule has 1 aliphatic carbocycles. The second-order valence-electron chi connectivity index (χ2n) is 9.70. The predicted octanol–water partition coefficient (Wildman–Crippen LogP) is 6.23. The number of aliphatic hydroxyl groups is 1. The fraction of sp³-hybridized carbons (Fsp3) is 0.182. The van der Waals surface area contributed by atoms with Gasteiger partial charge in [-0.15, -0.1) is 0 Å². The average Bonchev–Trinajstić information content (AvgIpc) is 2.93. The van der Waals surface area contributed by atoms with Crippen LogP contribution in [0.4, 0.5) is 0 Å². The molecular formula is C33H30N2O2. The highest BCUT2D eigenvalue weighted by Crippen LogP contribution is 2.45. The zero-order valence-corrected chi connectivity index (χ0v) is 21.1. The molecule has 4 aromatic rings. The van der Waals surface area contributed by atoms with Crippen molar-refractivity contribution in [3.8, 4) is 17.0 Å². The van der Waals surface area contributed by atoms with E-state index in [1.165, 1.54) is 0 Å². The fourth-order valence-corrected chi connectivity index (χ4v) is 5.00. The van der Waals surface area contributed by atoms with Gasteiger partial charge in [-0.3, -0.25) is 0 Å². The van der Waals surface area contributed by atoms with Gasteiger partial charge in [-0.2, -0.15) is 0 Å². The monoisotopic (exact) mass is 486 g/mol. The second kappa shape index (κ2) is 10.4. The molecule has 184 valence electrons. The third kappa shape index (κ3) is 5.06. The molecule has 4 nitrogen and oxygen atoms in total. The average molecular weight is 487 g/mol. The summed E-state index contributed by atoms with van der Waals surface area (Å²) >= 11 is 0. The van der Waals surface area contributed by atoms with Crippen molar-refractivity contribution in [3.05, 3.63) is 131 Å². The van der Waals surface area contributed by atoms with Gasteiger partial charge in [-0.1, -0.05) is 84.3 Å². The molecule has 0 saturated heterocycles. The third-order valence-electron chi connectivity index (χ3n) is 6.91. The molecule has 0 fully saturated rings. The maximum absolute atomic E-state index is 12.5. The topological polar surface area (TPSA) is 56.6 Å². The number of aromatic nitrogens is 1. The van der Waals surface area contributed by atoms with Crippen molar-refractivity contribution >= 4 is 10.9 Å². The van der Waals surface area contributed by atoms with Crippen molar-refractivity contribution in [1.29, 1.82) is 0 Å². The van der Waals surface area contributed by atoms with E-state index in [-0.39, 0.29) is 5.88 Å². The maximum atomic E-state index is 12.5. The highest BCUT2D eigenvalue weighted by atomic mass is 16.3. The zero-order valence-electron chi connectivity index (χ0n) is 21.1. The van der Waals surface area contributed by atoms with E-state index in [2.05, 4.69) is 34.6 Å². The summed E-state index contributed by atoms with van der Waals surface area (Å²) in [5.41, 5.74) is 9.74. The molecule has 0 spiro atoms. The Morgan fingerprint density at radius 1 is 0.919 bits per heavy atom. The first-order chi connectivity index (χ1) is 18.0. The van der Waals surface area contributed by atoms with E-state index in [0.29, 0.717) is 29.6 Å². The number of hydrogen-bond donors (Lipinski definition) is 2. The summed E-state index contributed by atoms with van der Waals surface area (Å²) < 4.78 is 0. The van der Waals surface area contributed by atoms with Gasteiger partial charge >= 0.3 is 0 Å². The van der Waals surface area contributed by atoms with E-state index in [9.17, 15) is 10.2 Å². The SMILES string of the molecule is CN(C)CCC(O)(C1=C=C=CC=C1)C(c1ccccc1)c1cc2cc(-c3ccccc3)ccc2nc1O. The Balaban J connectivity index is 1.73. The van der Waals surface area contributed by atoms with Gasteiger partial charge in [0.15, 0.2) is 0 Å². The molecule has 5 rings (SSSR count). The normalized spacial score (nSPS) is 15.1. The minimum atomic E-state index is -1.37. The number of benzene rings is 3. The van der Waals surface area contributed by atoms with E-state index in [4.69, 9.17) is 0 Å². The lowest BCUT2D eigenvalue weighted by molar-refractivity contribution is 0.0476. The molecule has 1 aromatic heterocycles. The van der Waals surface area contributed by atoms with E-state index in [1.54, 1.807) is 6.08 Å². The molecule has 2 N–H and O–H groups in total. The van der Waals surface area contributed by atoms with Gasteiger partial charge in [0.2, 0.25) is 5.88 Å². The van der Waals surface area contributed by atoms with Gasteiger partial charge in [-0.25, -0.2) is 4.98 Å². The number of hydrogen-bond acceptors (Lipinski definition) is 4. The quantitative estimate of drug-likeness (QED) is 0.290. The lowest BCUT2D eigenvalue weighted by Crippen LogP contribution is -2.41. The number of pyridine rings is 1. The summed E-state index contributed by atoms with van der Waals surface area (Å²) in [6.07, 6.45) is 5.93. The highest BCUT2D eigenvalue weighted by molar-refractivity contribution is 5.86. The first-order valence-corrected chi connectivity index (χ1v) is 12.5. The van der Waals surface area contributed by atoms with Gasteiger partial charge in [-0.05, 0) is 67.6 Å². The standard InChI is InChI=1S/C33H30N2O2/c1-35(2)21-20-33(37,28-16-10-5-11-17-28)31(25-14-8-4-9-15-25)29-23-27-22-26(24-12-6-3-7-13-24)18-19-30(27)34-32(29)36/h3-10,12-16,18-19,22-23,31,37H,20-21H2,1-2H3,(H,34,36). The molecule has 0 bridgehead atoms. The van der Waals surface area contributed by atoms with Crippen molar-refractivity contribution in [2.75, 3.05) is 20.6 Å². The van der Waals surface area contributed by atoms with Crippen LogP contribution in [0.1, 0.15) is 23.5 Å². The number of aromatic hydroxyl groups is 1. The van der Waals surface area contributed by atoms with E-state index in [1.807, 2.05) is 97.9 Å². The molecule has 2 atom stereocenters. The highest BCUT2D eigenvalue weighted by Gasteiger charge is 2.43. The largest absolute Gasteiger partial charge is 0.493 e. The lowest BCUT2D eigenvalue weighted by Gasteiger charge is -2.38. The Hall–Kier alpha value is -4.17. The Labute approximate surface area is 217 Å². The molecule has 3 aromatic carbocycles. The first-order valence-electron chi connectivity index (χ1n) is 12.5. The Kier molecular flexibility index (Phi) is 6.92. The summed E-state index contributed by atoms with van der Waals surface area (Å²) in [5.74, 6) is -0.671. The smallest absolute Gasteiger partial charge is 0.215 e. The molecular weight excluding hydrogens is 456 g/mol. The minimum absolute atomic E-state index is 0.0861. The summed E-state index contributed by atoms with van der Waals surface area (Å²) in [6, 6.07) is 28.0. The van der Waals surface area contributed by atoms with Gasteiger partial charge in [0, 0.05) is 29.0 Å². The maximum Gasteiger partial charge on any atom is 0.215 e. The molecule has 0 amide bonds. The van der Waals surface area contributed by atoms with E-state index in [0.717, 1.165) is 22.1 Å². The molecule has 1 heterocycles. The van der Waals surface area contributed by atoms with Crippen LogP contribution >= 0.6 is 0 Å². The minimum Gasteiger partial charge on any atom is -0.493 e. The zero-order chi connectivity index (χ0) is 25.8. The molecule has 0 saturated carbocycles. The number of rotatable bonds is 8. The van der Waals surface area contributed by atoms with Gasteiger partial charge < -0.3 is 15.1 Å². The van der Waals surface area contributed by atoms with Crippen molar-refractivity contribution < 1.29 is 10.2 Å². The number of allylic oxidation sites excluding steroid dienone is 2. The van der Waals surface area contributed by atoms with Crippen LogP contribution in [0.25, 0.3) is 22.0 Å². The molecule has 2 unspecified atom stereocenters. The summed E-state index contributed by atoms with van der Waals surface area (Å²) in [4.78, 5) is 6.62. The van der Waals surface area contributed by atoms with E-state index >= 15 is 0 Å². The van der Waals surface area contributed by atoms with Crippen LogP contribution in [-0.2, 0) is 0 Å². The Morgan fingerprint density at radius 3 is 2.32 bits per heavy atom. The van der Waals surface area contributed by atoms with Crippen LogP contribution in [-0.4, -0.2) is 46.3 Å². The summed E-state index contributed by atoms with van der Waals surface area (Å²) in [5, 5.41) is 24.7. The van der Waals surface area contributed by atoms with Crippen LogP contribution in [0.2, 0.25) is 0 Å². The van der Waals surface area contributed by atoms with Gasteiger partial charge in [0.1, 0.15) is 5.60 Å². The first kappa shape index (κ1) is 24.5. The molecule has 0 aliphatic heterocycles. The Bertz CT molecular complexity index is 1540. The fourth-order valence-electron chi connectivity index (χ4n) is 5.00. The Morgan fingerprint density at radius 2 is 1.65 bits per heavy atom. The van der Waals surface area contributed by atoms with Gasteiger partial charge in [0.25, 0.3) is 0 Å². The number of fused-ring (bicyclic) bond motifs is 1. The van der Waals surface area contributed by atoms with Crippen molar-refractivity contribution in [3.63, 3.8) is 0 Å². The van der Waals surface area contributed by atoms with E-state index < -0.39 is 11.5 Å². The lowest BCUT2D eigenvalue weighted by atomic mass is 9.71. The van der Waals surface area contributed by atoms with Gasteiger partial charge in [0.05, 0.1) is 5.52 Å². The molecule has 1 aliphatic rings. The van der Waals surface area contributed by atoms with Crippen LogP contribution in [0, 0.1) is 0 Å². The van der Waals surface area contributed by atoms with Crippen molar-refractivity contribution in [2.45, 2.75) is 17.9 Å². The summed E-state index contributed by atoms with van der Waals surface area (Å²) in [7, 11) is 3.97. The van der Waals surface area contributed by atoms with Crippen LogP contribution in [0.5, 0.6) is 5.88 Å². The second-order valence-corrected chi connectivity index (χ2v) is 9.70. The van der Waals surface area contributed by atoms with Crippen LogP contribution < -0.4 is 0 Å². The third-order valence-corrected chi connectivity index (χ3v) is 6.91. The molecule has 37 heavy (non-hydrogen) atoms. The molecule has 0 radical (unpaired) electrons. The van der Waals surface area contributed by atoms with Crippen molar-refractivity contribution in [1.82, 2.24) is 9.88 Å². The number of nitrogens with zero attached hydrogens (tertiary/aromatic N) is 2. The predicted molar refractivity (Wildman–Crippen MR) is 149 cm³/mol. The van der Waals surface area contributed by atoms with Crippen LogP contribution in [0.3, 0.4) is 0 Å².